The van der Waals surface area contributed by atoms with E-state index in [-0.39, 0.29) is 11.1 Å². The highest BCUT2D eigenvalue weighted by Crippen LogP contribution is 2.15. The van der Waals surface area contributed by atoms with Crippen molar-refractivity contribution in [2.75, 3.05) is 0 Å². The molecule has 2 rings (SSSR count). The molecule has 36 heavy (non-hydrogen) atoms. The van der Waals surface area contributed by atoms with Crippen molar-refractivity contribution < 1.29 is 0 Å². The number of unbranched alkanes of at least 4 members (excludes halogenated alkanes) is 18. The van der Waals surface area contributed by atoms with Crippen LogP contribution in [0.15, 0.2) is 33.9 Å². The Balaban J connectivity index is 1.78. The molecule has 4 nitrogen and oxygen atoms in total. The summed E-state index contributed by atoms with van der Waals surface area (Å²) in [7, 11) is 0. The molecule has 204 valence electrons. The first-order valence-electron chi connectivity index (χ1n) is 15.4. The van der Waals surface area contributed by atoms with Crippen molar-refractivity contribution in [1.82, 2.24) is 9.13 Å². The number of pyridine rings is 2. The summed E-state index contributed by atoms with van der Waals surface area (Å²) in [6.07, 6.45) is 25.7. The average Bonchev–Trinajstić information content (AvgIpc) is 2.88. The molecule has 0 aliphatic heterocycles. The highest BCUT2D eigenvalue weighted by molar-refractivity contribution is 5.74. The number of aromatic nitrogens is 2. The standard InChI is InChI=1S/C32H54N2O2/c1-3-5-7-9-11-13-15-17-19-21-27-33-29-23-26-32(36)34(30(29)24-25-31(33)35)28-22-20-18-16-14-12-10-8-6-4-2/h23-26H,3-22,27-28H2,1-2H3. The molecule has 2 heterocycles. The Morgan fingerprint density at radius 1 is 0.417 bits per heavy atom. The molecule has 0 fully saturated rings. The molecule has 2 aromatic heterocycles. The van der Waals surface area contributed by atoms with Crippen LogP contribution in [0.4, 0.5) is 0 Å². The second-order valence-electron chi connectivity index (χ2n) is 10.8. The molecule has 0 spiro atoms. The number of aryl methyl sites for hydroxylation is 2. The van der Waals surface area contributed by atoms with Gasteiger partial charge in [-0.05, 0) is 25.0 Å². The highest BCUT2D eigenvalue weighted by Gasteiger charge is 2.08. The zero-order valence-electron chi connectivity index (χ0n) is 23.6. The lowest BCUT2D eigenvalue weighted by Gasteiger charge is -2.14. The van der Waals surface area contributed by atoms with Crippen LogP contribution in [0, 0.1) is 0 Å². The topological polar surface area (TPSA) is 44.0 Å². The molecule has 4 heteroatoms. The molecule has 0 aromatic carbocycles. The number of hydrogen-bond donors (Lipinski definition) is 0. The van der Waals surface area contributed by atoms with Crippen molar-refractivity contribution in [2.24, 2.45) is 0 Å². The lowest BCUT2D eigenvalue weighted by molar-refractivity contribution is 0.530. The zero-order valence-corrected chi connectivity index (χ0v) is 23.6. The zero-order chi connectivity index (χ0) is 25.8. The summed E-state index contributed by atoms with van der Waals surface area (Å²) >= 11 is 0. The smallest absolute Gasteiger partial charge is 0.251 e. The van der Waals surface area contributed by atoms with Crippen LogP contribution in [0.3, 0.4) is 0 Å². The van der Waals surface area contributed by atoms with Gasteiger partial charge in [-0.15, -0.1) is 0 Å². The maximum atomic E-state index is 12.6. The van der Waals surface area contributed by atoms with Gasteiger partial charge in [0.25, 0.3) is 11.1 Å². The third kappa shape index (κ3) is 11.5. The van der Waals surface area contributed by atoms with Gasteiger partial charge in [0, 0.05) is 25.2 Å². The first kappa shape index (κ1) is 30.4. The van der Waals surface area contributed by atoms with Gasteiger partial charge >= 0.3 is 0 Å². The summed E-state index contributed by atoms with van der Waals surface area (Å²) in [6, 6.07) is 7.00. The lowest BCUT2D eigenvalue weighted by Crippen LogP contribution is -2.25. The van der Waals surface area contributed by atoms with Gasteiger partial charge in [-0.2, -0.15) is 0 Å². The Morgan fingerprint density at radius 3 is 1.00 bits per heavy atom. The molecule has 2 aromatic rings. The van der Waals surface area contributed by atoms with Crippen molar-refractivity contribution in [3.8, 4) is 0 Å². The quantitative estimate of drug-likeness (QED) is 0.152. The van der Waals surface area contributed by atoms with Gasteiger partial charge in [0.1, 0.15) is 0 Å². The predicted molar refractivity (Wildman–Crippen MR) is 156 cm³/mol. The fraction of sp³-hybridized carbons (Fsp3) is 0.750. The molecule has 0 radical (unpaired) electrons. The van der Waals surface area contributed by atoms with Crippen LogP contribution in [-0.4, -0.2) is 9.13 Å². The predicted octanol–water partition coefficient (Wildman–Crippen LogP) is 9.01. The molecule has 0 aliphatic rings. The van der Waals surface area contributed by atoms with Crippen LogP contribution < -0.4 is 11.1 Å². The Hall–Kier alpha value is -1.84. The lowest BCUT2D eigenvalue weighted by atomic mass is 10.1. The van der Waals surface area contributed by atoms with Crippen molar-refractivity contribution >= 4 is 11.0 Å². The maximum absolute atomic E-state index is 12.6. The molecule has 0 bridgehead atoms. The van der Waals surface area contributed by atoms with Crippen LogP contribution in [0.5, 0.6) is 0 Å². The van der Waals surface area contributed by atoms with Crippen molar-refractivity contribution in [3.63, 3.8) is 0 Å². The van der Waals surface area contributed by atoms with E-state index in [1.165, 1.54) is 103 Å². The summed E-state index contributed by atoms with van der Waals surface area (Å²) in [5.41, 5.74) is 1.90. The van der Waals surface area contributed by atoms with E-state index in [0.29, 0.717) is 0 Å². The summed E-state index contributed by atoms with van der Waals surface area (Å²) < 4.78 is 3.77. The summed E-state index contributed by atoms with van der Waals surface area (Å²) in [6.45, 7) is 6.00. The summed E-state index contributed by atoms with van der Waals surface area (Å²) in [5, 5.41) is 0. The van der Waals surface area contributed by atoms with E-state index in [2.05, 4.69) is 13.8 Å². The van der Waals surface area contributed by atoms with Gasteiger partial charge in [0.05, 0.1) is 11.0 Å². The molecule has 0 aliphatic carbocycles. The molecule has 0 atom stereocenters. The van der Waals surface area contributed by atoms with E-state index >= 15 is 0 Å². The minimum absolute atomic E-state index is 0.0440. The SMILES string of the molecule is CCCCCCCCCCCCn1c(=O)ccc2c1ccc(=O)n2CCCCCCCCCCCC. The van der Waals surface area contributed by atoms with Crippen molar-refractivity contribution in [3.05, 3.63) is 45.0 Å². The minimum atomic E-state index is 0.0440. The Morgan fingerprint density at radius 2 is 0.694 bits per heavy atom. The van der Waals surface area contributed by atoms with Crippen LogP contribution in [0.1, 0.15) is 142 Å². The van der Waals surface area contributed by atoms with E-state index in [9.17, 15) is 9.59 Å². The van der Waals surface area contributed by atoms with Gasteiger partial charge in [0.15, 0.2) is 0 Å². The third-order valence-electron chi connectivity index (χ3n) is 7.61. The molecule has 0 unspecified atom stereocenters. The van der Waals surface area contributed by atoms with Gasteiger partial charge in [0.2, 0.25) is 0 Å². The van der Waals surface area contributed by atoms with Gasteiger partial charge in [-0.25, -0.2) is 0 Å². The maximum Gasteiger partial charge on any atom is 0.251 e. The second-order valence-corrected chi connectivity index (χ2v) is 10.8. The Bertz CT molecular complexity index is 866. The monoisotopic (exact) mass is 498 g/mol. The first-order chi connectivity index (χ1) is 17.7. The van der Waals surface area contributed by atoms with Gasteiger partial charge in [-0.3, -0.25) is 9.59 Å². The van der Waals surface area contributed by atoms with Crippen molar-refractivity contribution in [1.29, 1.82) is 0 Å². The minimum Gasteiger partial charge on any atom is -0.307 e. The van der Waals surface area contributed by atoms with Crippen LogP contribution in [0.2, 0.25) is 0 Å². The van der Waals surface area contributed by atoms with E-state index in [1.807, 2.05) is 21.3 Å². The largest absolute Gasteiger partial charge is 0.307 e. The number of hydrogen-bond acceptors (Lipinski definition) is 2. The second kappa shape index (κ2) is 19.3. The number of nitrogens with zero attached hydrogens (tertiary/aromatic N) is 2. The van der Waals surface area contributed by atoms with E-state index in [1.54, 1.807) is 12.1 Å². The fourth-order valence-electron chi connectivity index (χ4n) is 5.32. The van der Waals surface area contributed by atoms with Gasteiger partial charge in [-0.1, -0.05) is 129 Å². The van der Waals surface area contributed by atoms with E-state index < -0.39 is 0 Å². The molecular formula is C32H54N2O2. The number of rotatable bonds is 22. The average molecular weight is 499 g/mol. The number of fused-ring (bicyclic) bond motifs is 1. The highest BCUT2D eigenvalue weighted by atomic mass is 16.1. The van der Waals surface area contributed by atoms with Gasteiger partial charge < -0.3 is 9.13 Å². The van der Waals surface area contributed by atoms with E-state index in [0.717, 1.165) is 49.8 Å². The third-order valence-corrected chi connectivity index (χ3v) is 7.61. The first-order valence-corrected chi connectivity index (χ1v) is 15.4. The fourth-order valence-corrected chi connectivity index (χ4v) is 5.32. The van der Waals surface area contributed by atoms with Crippen LogP contribution >= 0.6 is 0 Å². The van der Waals surface area contributed by atoms with E-state index in [4.69, 9.17) is 0 Å². The molecular weight excluding hydrogens is 444 g/mol. The summed E-state index contributed by atoms with van der Waals surface area (Å²) in [4.78, 5) is 25.3. The van der Waals surface area contributed by atoms with Crippen LogP contribution in [-0.2, 0) is 13.1 Å². The Labute approximate surface area is 220 Å². The Kier molecular flexibility index (Phi) is 16.3. The normalized spacial score (nSPS) is 11.5. The molecule has 0 saturated carbocycles. The summed E-state index contributed by atoms with van der Waals surface area (Å²) in [5.74, 6) is 0. The van der Waals surface area contributed by atoms with Crippen LogP contribution in [0.25, 0.3) is 11.0 Å². The molecule has 0 saturated heterocycles. The molecule has 0 N–H and O–H groups in total. The van der Waals surface area contributed by atoms with Crippen molar-refractivity contribution in [2.45, 2.75) is 155 Å². The molecule has 0 amide bonds.